The maximum absolute atomic E-state index is 11.8. The van der Waals surface area contributed by atoms with Gasteiger partial charge in [-0.3, -0.25) is 4.79 Å². The molecule has 1 heterocycles. The number of carbonyl (C=O) groups excluding carboxylic acids is 1. The highest BCUT2D eigenvalue weighted by Crippen LogP contribution is 2.18. The first-order valence-corrected chi connectivity index (χ1v) is 5.87. The maximum atomic E-state index is 11.8. The number of H-pyrrole nitrogens is 1. The highest BCUT2D eigenvalue weighted by molar-refractivity contribution is 5.94. The first kappa shape index (κ1) is 13.3. The molecule has 1 aromatic heterocycles. The minimum atomic E-state index is -0.632. The number of methoxy groups -OCH3 is 1. The van der Waals surface area contributed by atoms with Crippen molar-refractivity contribution in [3.8, 4) is 11.3 Å². The summed E-state index contributed by atoms with van der Waals surface area (Å²) >= 11 is 0. The zero-order chi connectivity index (χ0) is 13.7. The molecule has 0 bridgehead atoms. The van der Waals surface area contributed by atoms with E-state index in [1.165, 1.54) is 7.11 Å². The van der Waals surface area contributed by atoms with Gasteiger partial charge in [0.1, 0.15) is 6.10 Å². The second-order valence-corrected chi connectivity index (χ2v) is 3.99. The Hall–Kier alpha value is -2.18. The molecule has 0 spiro atoms. The number of hydrogen-bond donors (Lipinski definition) is 3. The second kappa shape index (κ2) is 6.12. The van der Waals surface area contributed by atoms with Gasteiger partial charge in [0.2, 0.25) is 0 Å². The molecule has 0 saturated carbocycles. The van der Waals surface area contributed by atoms with Crippen LogP contribution in [0.3, 0.4) is 0 Å². The van der Waals surface area contributed by atoms with Gasteiger partial charge in [-0.15, -0.1) is 0 Å². The fraction of sp³-hybridized carbons (Fsp3) is 0.231. The Labute approximate surface area is 111 Å². The number of anilines is 1. The lowest BCUT2D eigenvalue weighted by atomic mass is 10.1. The van der Waals surface area contributed by atoms with Gasteiger partial charge in [-0.05, 0) is 17.7 Å². The summed E-state index contributed by atoms with van der Waals surface area (Å²) in [6.07, 6.45) is 2.73. The molecule has 2 rings (SSSR count). The van der Waals surface area contributed by atoms with Crippen molar-refractivity contribution in [1.82, 2.24) is 9.97 Å². The third-order valence-corrected chi connectivity index (χ3v) is 2.75. The average molecular weight is 260 g/mol. The van der Waals surface area contributed by atoms with Crippen molar-refractivity contribution in [3.63, 3.8) is 0 Å². The summed E-state index contributed by atoms with van der Waals surface area (Å²) in [6, 6.07) is 7.43. The predicted molar refractivity (Wildman–Crippen MR) is 72.5 cm³/mol. The van der Waals surface area contributed by atoms with Gasteiger partial charge in [0.15, 0.2) is 0 Å². The molecule has 2 aromatic rings. The van der Waals surface area contributed by atoms with Gasteiger partial charge >= 0.3 is 0 Å². The van der Waals surface area contributed by atoms with Crippen LogP contribution in [0, 0.1) is 0 Å². The van der Waals surface area contributed by atoms with Crippen LogP contribution in [0.2, 0.25) is 0 Å². The van der Waals surface area contributed by atoms with Crippen molar-refractivity contribution in [1.29, 1.82) is 0 Å². The van der Waals surface area contributed by atoms with E-state index in [9.17, 15) is 4.79 Å². The molecule has 1 amide bonds. The third-order valence-electron chi connectivity index (χ3n) is 2.75. The Morgan fingerprint density at radius 2 is 2.21 bits per heavy atom. The minimum absolute atomic E-state index is 0.147. The fourth-order valence-corrected chi connectivity index (χ4v) is 1.68. The number of benzene rings is 1. The Bertz CT molecular complexity index is 518. The highest BCUT2D eigenvalue weighted by atomic mass is 16.5. The van der Waals surface area contributed by atoms with E-state index >= 15 is 0 Å². The summed E-state index contributed by atoms with van der Waals surface area (Å²) in [5.41, 5.74) is 8.05. The zero-order valence-electron chi connectivity index (χ0n) is 10.6. The van der Waals surface area contributed by atoms with E-state index in [4.69, 9.17) is 10.5 Å². The molecule has 0 aliphatic heterocycles. The van der Waals surface area contributed by atoms with Gasteiger partial charge in [-0.25, -0.2) is 4.98 Å². The van der Waals surface area contributed by atoms with E-state index in [1.54, 1.807) is 12.5 Å². The normalized spacial score (nSPS) is 12.1. The summed E-state index contributed by atoms with van der Waals surface area (Å²) in [4.78, 5) is 18.7. The SMILES string of the molecule is COC(CN)C(=O)Nc1ccc(-c2cnc[nH]2)cc1. The monoisotopic (exact) mass is 260 g/mol. The summed E-state index contributed by atoms with van der Waals surface area (Å²) in [6.45, 7) is 0.147. The fourth-order valence-electron chi connectivity index (χ4n) is 1.68. The second-order valence-electron chi connectivity index (χ2n) is 3.99. The van der Waals surface area contributed by atoms with E-state index in [2.05, 4.69) is 15.3 Å². The van der Waals surface area contributed by atoms with Crippen molar-refractivity contribution in [2.45, 2.75) is 6.10 Å². The number of aromatic nitrogens is 2. The number of amides is 1. The van der Waals surface area contributed by atoms with Crippen LogP contribution >= 0.6 is 0 Å². The number of carbonyl (C=O) groups is 1. The Kier molecular flexibility index (Phi) is 4.27. The van der Waals surface area contributed by atoms with Gasteiger partial charge in [0.05, 0.1) is 18.2 Å². The molecule has 100 valence electrons. The van der Waals surface area contributed by atoms with Gasteiger partial charge in [0.25, 0.3) is 5.91 Å². The molecular weight excluding hydrogens is 244 g/mol. The van der Waals surface area contributed by atoms with E-state index in [0.717, 1.165) is 11.3 Å². The molecule has 6 nitrogen and oxygen atoms in total. The van der Waals surface area contributed by atoms with Crippen molar-refractivity contribution >= 4 is 11.6 Å². The number of rotatable bonds is 5. The lowest BCUT2D eigenvalue weighted by Gasteiger charge is -2.13. The first-order chi connectivity index (χ1) is 9.24. The van der Waals surface area contributed by atoms with Crippen LogP contribution in [0.1, 0.15) is 0 Å². The van der Waals surface area contributed by atoms with E-state index in [1.807, 2.05) is 24.3 Å². The summed E-state index contributed by atoms with van der Waals surface area (Å²) in [5, 5.41) is 2.75. The Balaban J connectivity index is 2.05. The van der Waals surface area contributed by atoms with Crippen LogP contribution in [0.5, 0.6) is 0 Å². The van der Waals surface area contributed by atoms with Crippen LogP contribution in [0.4, 0.5) is 5.69 Å². The lowest BCUT2D eigenvalue weighted by Crippen LogP contribution is -2.35. The molecule has 0 radical (unpaired) electrons. The summed E-state index contributed by atoms with van der Waals surface area (Å²) in [7, 11) is 1.46. The number of imidazole rings is 1. The minimum Gasteiger partial charge on any atom is -0.370 e. The van der Waals surface area contributed by atoms with Gasteiger partial charge in [-0.2, -0.15) is 0 Å². The summed E-state index contributed by atoms with van der Waals surface area (Å²) in [5.74, 6) is -0.251. The van der Waals surface area contributed by atoms with Crippen LogP contribution in [0.15, 0.2) is 36.8 Å². The molecule has 6 heteroatoms. The standard InChI is InChI=1S/C13H16N4O2/c1-19-12(6-14)13(18)17-10-4-2-9(3-5-10)11-7-15-8-16-11/h2-5,7-8,12H,6,14H2,1H3,(H,15,16)(H,17,18). The Morgan fingerprint density at radius 3 is 2.74 bits per heavy atom. The van der Waals surface area contributed by atoms with Crippen molar-refractivity contribution < 1.29 is 9.53 Å². The zero-order valence-corrected chi connectivity index (χ0v) is 10.6. The van der Waals surface area contributed by atoms with Gasteiger partial charge in [0, 0.05) is 19.3 Å². The van der Waals surface area contributed by atoms with Gasteiger partial charge in [-0.1, -0.05) is 12.1 Å². The maximum Gasteiger partial charge on any atom is 0.254 e. The molecule has 1 unspecified atom stereocenters. The molecule has 0 saturated heterocycles. The van der Waals surface area contributed by atoms with Crippen molar-refractivity contribution in [2.75, 3.05) is 19.0 Å². The van der Waals surface area contributed by atoms with Gasteiger partial charge < -0.3 is 20.8 Å². The molecule has 0 aliphatic rings. The molecule has 1 atom stereocenters. The third kappa shape index (κ3) is 3.18. The number of nitrogens with one attached hydrogen (secondary N) is 2. The molecule has 0 aliphatic carbocycles. The molecule has 4 N–H and O–H groups in total. The van der Waals surface area contributed by atoms with Crippen molar-refractivity contribution in [3.05, 3.63) is 36.8 Å². The highest BCUT2D eigenvalue weighted by Gasteiger charge is 2.15. The van der Waals surface area contributed by atoms with Crippen LogP contribution < -0.4 is 11.1 Å². The number of aromatic amines is 1. The topological polar surface area (TPSA) is 93.0 Å². The smallest absolute Gasteiger partial charge is 0.254 e. The molecule has 19 heavy (non-hydrogen) atoms. The largest absolute Gasteiger partial charge is 0.370 e. The predicted octanol–water partition coefficient (Wildman–Crippen LogP) is 0.989. The number of hydrogen-bond acceptors (Lipinski definition) is 4. The van der Waals surface area contributed by atoms with E-state index in [-0.39, 0.29) is 12.5 Å². The average Bonchev–Trinajstić information content (AvgIpc) is 2.95. The first-order valence-electron chi connectivity index (χ1n) is 5.87. The van der Waals surface area contributed by atoms with E-state index in [0.29, 0.717) is 5.69 Å². The Morgan fingerprint density at radius 1 is 1.47 bits per heavy atom. The number of nitrogens with two attached hydrogens (primary N) is 1. The van der Waals surface area contributed by atoms with Crippen LogP contribution in [-0.2, 0) is 9.53 Å². The summed E-state index contributed by atoms with van der Waals surface area (Å²) < 4.78 is 4.97. The number of nitrogens with zero attached hydrogens (tertiary/aromatic N) is 1. The van der Waals surface area contributed by atoms with Crippen LogP contribution in [0.25, 0.3) is 11.3 Å². The molecule has 0 fully saturated rings. The lowest BCUT2D eigenvalue weighted by molar-refractivity contribution is -0.125. The number of ether oxygens (including phenoxy) is 1. The molecule has 1 aromatic carbocycles. The van der Waals surface area contributed by atoms with E-state index < -0.39 is 6.10 Å². The van der Waals surface area contributed by atoms with Crippen LogP contribution in [-0.4, -0.2) is 35.6 Å². The quantitative estimate of drug-likeness (QED) is 0.747. The molecular formula is C13H16N4O2. The van der Waals surface area contributed by atoms with Crippen molar-refractivity contribution in [2.24, 2.45) is 5.73 Å².